The van der Waals surface area contributed by atoms with Gasteiger partial charge in [-0.15, -0.1) is 0 Å². The summed E-state index contributed by atoms with van der Waals surface area (Å²) in [7, 11) is -1.99. The van der Waals surface area contributed by atoms with Gasteiger partial charge in [0.05, 0.1) is 16.5 Å². The van der Waals surface area contributed by atoms with E-state index >= 15 is 0 Å². The van der Waals surface area contributed by atoms with Crippen molar-refractivity contribution in [2.45, 2.75) is 11.8 Å². The van der Waals surface area contributed by atoms with Crippen LogP contribution in [0.3, 0.4) is 0 Å². The molecular formula is C12H14N2O2S. The number of rotatable bonds is 4. The van der Waals surface area contributed by atoms with Crippen molar-refractivity contribution in [2.24, 2.45) is 0 Å². The molecule has 0 atom stereocenters. The summed E-state index contributed by atoms with van der Waals surface area (Å²) in [5, 5.41) is 8.64. The van der Waals surface area contributed by atoms with Crippen LogP contribution >= 0.6 is 0 Å². The lowest BCUT2D eigenvalue weighted by atomic mass is 10.2. The van der Waals surface area contributed by atoms with Gasteiger partial charge in [0, 0.05) is 13.6 Å². The maximum atomic E-state index is 12.1. The predicted molar refractivity (Wildman–Crippen MR) is 65.8 cm³/mol. The molecule has 0 spiro atoms. The molecule has 0 saturated carbocycles. The lowest BCUT2D eigenvalue weighted by Crippen LogP contribution is -2.28. The normalized spacial score (nSPS) is 11.2. The number of sulfonamides is 1. The quantitative estimate of drug-likeness (QED) is 0.765. The molecule has 0 amide bonds. The minimum Gasteiger partial charge on any atom is -0.207 e. The third-order valence-electron chi connectivity index (χ3n) is 2.18. The van der Waals surface area contributed by atoms with Crippen LogP contribution in [0.2, 0.25) is 0 Å². The second-order valence-corrected chi connectivity index (χ2v) is 5.90. The summed E-state index contributed by atoms with van der Waals surface area (Å²) < 4.78 is 25.4. The molecule has 0 aromatic heterocycles. The van der Waals surface area contributed by atoms with E-state index in [1.165, 1.54) is 35.6 Å². The fraction of sp³-hybridized carbons (Fsp3) is 0.250. The lowest BCUT2D eigenvalue weighted by Gasteiger charge is -2.17. The van der Waals surface area contributed by atoms with Crippen LogP contribution in [0, 0.1) is 11.3 Å². The van der Waals surface area contributed by atoms with Crippen LogP contribution in [0.1, 0.15) is 12.5 Å². The second-order valence-electron chi connectivity index (χ2n) is 3.85. The van der Waals surface area contributed by atoms with E-state index in [0.717, 1.165) is 5.57 Å². The largest absolute Gasteiger partial charge is 0.243 e. The highest BCUT2D eigenvalue weighted by atomic mass is 32.2. The molecule has 1 aromatic carbocycles. The minimum atomic E-state index is -3.50. The monoisotopic (exact) mass is 250 g/mol. The molecule has 5 heteroatoms. The smallest absolute Gasteiger partial charge is 0.207 e. The summed E-state index contributed by atoms with van der Waals surface area (Å²) in [6, 6.07) is 7.79. The SMILES string of the molecule is C=C(C)CN(C)S(=O)(=O)c1ccc(C#N)cc1. The highest BCUT2D eigenvalue weighted by Gasteiger charge is 2.20. The van der Waals surface area contributed by atoms with Crippen LogP contribution in [0.4, 0.5) is 0 Å². The summed E-state index contributed by atoms with van der Waals surface area (Å²) in [5.41, 5.74) is 1.20. The van der Waals surface area contributed by atoms with Gasteiger partial charge < -0.3 is 0 Å². The molecule has 0 saturated heterocycles. The zero-order valence-corrected chi connectivity index (χ0v) is 10.7. The summed E-state index contributed by atoms with van der Waals surface area (Å²) in [4.78, 5) is 0.181. The molecule has 0 unspecified atom stereocenters. The highest BCUT2D eigenvalue weighted by molar-refractivity contribution is 7.89. The van der Waals surface area contributed by atoms with Gasteiger partial charge >= 0.3 is 0 Å². The first-order chi connectivity index (χ1) is 7.87. The maximum Gasteiger partial charge on any atom is 0.243 e. The molecule has 0 fully saturated rings. The van der Waals surface area contributed by atoms with E-state index in [0.29, 0.717) is 5.56 Å². The molecule has 17 heavy (non-hydrogen) atoms. The van der Waals surface area contributed by atoms with Gasteiger partial charge in [0.25, 0.3) is 0 Å². The van der Waals surface area contributed by atoms with Gasteiger partial charge in [-0.05, 0) is 31.2 Å². The first-order valence-corrected chi connectivity index (χ1v) is 6.43. The van der Waals surface area contributed by atoms with Gasteiger partial charge in [0.1, 0.15) is 0 Å². The van der Waals surface area contributed by atoms with Crippen molar-refractivity contribution < 1.29 is 8.42 Å². The zero-order valence-electron chi connectivity index (χ0n) is 9.84. The van der Waals surface area contributed by atoms with Gasteiger partial charge in [-0.3, -0.25) is 0 Å². The maximum absolute atomic E-state index is 12.1. The lowest BCUT2D eigenvalue weighted by molar-refractivity contribution is 0.493. The Morgan fingerprint density at radius 1 is 1.41 bits per heavy atom. The molecule has 0 bridgehead atoms. The fourth-order valence-electron chi connectivity index (χ4n) is 1.35. The Morgan fingerprint density at radius 2 is 1.94 bits per heavy atom. The number of hydrogen-bond acceptors (Lipinski definition) is 3. The van der Waals surface area contributed by atoms with E-state index in [1.807, 2.05) is 6.07 Å². The topological polar surface area (TPSA) is 61.2 Å². The number of nitriles is 1. The van der Waals surface area contributed by atoms with Crippen molar-refractivity contribution in [3.63, 3.8) is 0 Å². The summed E-state index contributed by atoms with van der Waals surface area (Å²) in [5.74, 6) is 0. The molecule has 1 aromatic rings. The Labute approximate surface area is 102 Å². The van der Waals surface area contributed by atoms with Gasteiger partial charge in [-0.25, -0.2) is 8.42 Å². The zero-order chi connectivity index (χ0) is 13.1. The van der Waals surface area contributed by atoms with E-state index in [-0.39, 0.29) is 11.4 Å². The Morgan fingerprint density at radius 3 is 2.35 bits per heavy atom. The number of hydrogen-bond donors (Lipinski definition) is 0. The van der Waals surface area contributed by atoms with E-state index in [9.17, 15) is 8.42 Å². The molecule has 90 valence electrons. The molecule has 0 heterocycles. The van der Waals surface area contributed by atoms with Crippen molar-refractivity contribution in [2.75, 3.05) is 13.6 Å². The summed E-state index contributed by atoms with van der Waals surface area (Å²) in [6.07, 6.45) is 0. The molecule has 0 aliphatic heterocycles. The standard InChI is InChI=1S/C12H14N2O2S/c1-10(2)9-14(3)17(15,16)12-6-4-11(8-13)5-7-12/h4-7H,1,9H2,2-3H3. The number of nitrogens with zero attached hydrogens (tertiary/aromatic N) is 2. The molecule has 0 aliphatic rings. The van der Waals surface area contributed by atoms with Gasteiger partial charge in [-0.2, -0.15) is 9.57 Å². The number of likely N-dealkylation sites (N-methyl/N-ethyl adjacent to an activating group) is 1. The van der Waals surface area contributed by atoms with E-state index in [1.54, 1.807) is 6.92 Å². The van der Waals surface area contributed by atoms with Crippen molar-refractivity contribution >= 4 is 10.0 Å². The van der Waals surface area contributed by atoms with Crippen molar-refractivity contribution in [1.82, 2.24) is 4.31 Å². The van der Waals surface area contributed by atoms with E-state index in [2.05, 4.69) is 6.58 Å². The molecule has 0 N–H and O–H groups in total. The average molecular weight is 250 g/mol. The molecule has 0 aliphatic carbocycles. The van der Waals surface area contributed by atoms with Crippen LogP contribution < -0.4 is 0 Å². The van der Waals surface area contributed by atoms with Crippen LogP contribution in [-0.4, -0.2) is 26.3 Å². The van der Waals surface area contributed by atoms with Crippen molar-refractivity contribution in [1.29, 1.82) is 5.26 Å². The number of benzene rings is 1. The second kappa shape index (κ2) is 5.13. The predicted octanol–water partition coefficient (Wildman–Crippen LogP) is 1.75. The molecular weight excluding hydrogens is 236 g/mol. The molecule has 4 nitrogen and oxygen atoms in total. The van der Waals surface area contributed by atoms with Crippen LogP contribution in [-0.2, 0) is 10.0 Å². The van der Waals surface area contributed by atoms with Gasteiger partial charge in [0.2, 0.25) is 10.0 Å². The van der Waals surface area contributed by atoms with Crippen LogP contribution in [0.25, 0.3) is 0 Å². The Kier molecular flexibility index (Phi) is 4.05. The first-order valence-electron chi connectivity index (χ1n) is 4.99. The third-order valence-corrected chi connectivity index (χ3v) is 4.00. The molecule has 0 radical (unpaired) electrons. The van der Waals surface area contributed by atoms with Gasteiger partial charge in [0.15, 0.2) is 0 Å². The minimum absolute atomic E-state index is 0.181. The van der Waals surface area contributed by atoms with E-state index in [4.69, 9.17) is 5.26 Å². The summed E-state index contributed by atoms with van der Waals surface area (Å²) in [6.45, 7) is 5.73. The Hall–Kier alpha value is -1.64. The summed E-state index contributed by atoms with van der Waals surface area (Å²) >= 11 is 0. The highest BCUT2D eigenvalue weighted by Crippen LogP contribution is 2.15. The van der Waals surface area contributed by atoms with Gasteiger partial charge in [-0.1, -0.05) is 12.2 Å². The molecule has 1 rings (SSSR count). The van der Waals surface area contributed by atoms with Crippen molar-refractivity contribution in [3.05, 3.63) is 42.0 Å². The Balaban J connectivity index is 3.05. The fourth-order valence-corrected chi connectivity index (χ4v) is 2.58. The van der Waals surface area contributed by atoms with E-state index < -0.39 is 10.0 Å². The van der Waals surface area contributed by atoms with Crippen LogP contribution in [0.15, 0.2) is 41.3 Å². The first kappa shape index (κ1) is 13.4. The van der Waals surface area contributed by atoms with Crippen molar-refractivity contribution in [3.8, 4) is 6.07 Å². The third kappa shape index (κ3) is 3.16. The van der Waals surface area contributed by atoms with Crippen LogP contribution in [0.5, 0.6) is 0 Å². The Bertz CT molecular complexity index is 553. The average Bonchev–Trinajstić information content (AvgIpc) is 2.28.